The molecule has 1 atom stereocenters. The number of hydrogen-bond acceptors (Lipinski definition) is 3. The molecule has 1 N–H and O–H groups in total. The number of hydrogen-bond donors (Lipinski definition) is 1. The third kappa shape index (κ3) is 4.12. The first-order chi connectivity index (χ1) is 8.31. The lowest BCUT2D eigenvalue weighted by Crippen LogP contribution is -2.14. The molecule has 0 saturated heterocycles. The van der Waals surface area contributed by atoms with Gasteiger partial charge in [0.1, 0.15) is 0 Å². The average Bonchev–Trinajstić information content (AvgIpc) is 2.21. The zero-order valence-corrected chi connectivity index (χ0v) is 11.7. The molecular weight excluding hydrogens is 277 g/mol. The Morgan fingerprint density at radius 3 is 2.39 bits per heavy atom. The Morgan fingerprint density at radius 1 is 1.33 bits per heavy atom. The van der Waals surface area contributed by atoms with Crippen LogP contribution in [0.5, 0.6) is 0 Å². The van der Waals surface area contributed by atoms with Gasteiger partial charge >= 0.3 is 0 Å². The Bertz CT molecular complexity index is 449. The minimum absolute atomic E-state index is 0.104. The molecule has 1 unspecified atom stereocenters. The third-order valence-corrected chi connectivity index (χ3v) is 3.24. The van der Waals surface area contributed by atoms with E-state index in [1.54, 1.807) is 0 Å². The van der Waals surface area contributed by atoms with E-state index < -0.39 is 11.0 Å². The molecule has 0 aromatic heterocycles. The summed E-state index contributed by atoms with van der Waals surface area (Å²) in [6.45, 7) is 3.96. The summed E-state index contributed by atoms with van der Waals surface area (Å²) < 4.78 is 0. The Morgan fingerprint density at radius 2 is 1.89 bits per heavy atom. The number of nitro benzene ring substituents is 1. The number of aliphatic hydroxyl groups is 1. The highest BCUT2D eigenvalue weighted by Crippen LogP contribution is 2.31. The van der Waals surface area contributed by atoms with Crippen LogP contribution in [0.15, 0.2) is 12.1 Å². The second kappa shape index (κ2) is 6.36. The summed E-state index contributed by atoms with van der Waals surface area (Å²) in [4.78, 5) is 10.4. The van der Waals surface area contributed by atoms with Gasteiger partial charge in [0.05, 0.1) is 21.1 Å². The van der Waals surface area contributed by atoms with Crippen molar-refractivity contribution < 1.29 is 10.0 Å². The average molecular weight is 292 g/mol. The maximum Gasteiger partial charge on any atom is 0.274 e. The quantitative estimate of drug-likeness (QED) is 0.662. The van der Waals surface area contributed by atoms with Crippen LogP contribution in [-0.4, -0.2) is 16.1 Å². The predicted octanol–water partition coefficient (Wildman–Crippen LogP) is 3.85. The maximum atomic E-state index is 10.9. The van der Waals surface area contributed by atoms with Gasteiger partial charge < -0.3 is 5.11 Å². The van der Waals surface area contributed by atoms with Crippen LogP contribution >= 0.6 is 23.2 Å². The largest absolute Gasteiger partial charge is 0.393 e. The summed E-state index contributed by atoms with van der Waals surface area (Å²) >= 11 is 11.6. The lowest BCUT2D eigenvalue weighted by Gasteiger charge is -2.13. The van der Waals surface area contributed by atoms with Crippen LogP contribution in [0.2, 0.25) is 10.0 Å². The molecule has 1 aromatic rings. The van der Waals surface area contributed by atoms with Gasteiger partial charge in [-0.1, -0.05) is 37.0 Å². The van der Waals surface area contributed by atoms with Crippen LogP contribution in [0.4, 0.5) is 5.69 Å². The fourth-order valence-corrected chi connectivity index (χ4v) is 2.14. The summed E-state index contributed by atoms with van der Waals surface area (Å²) in [6, 6.07) is 2.67. The Balaban J connectivity index is 3.00. The molecule has 0 saturated carbocycles. The summed E-state index contributed by atoms with van der Waals surface area (Å²) in [5, 5.41) is 21.2. The first-order valence-corrected chi connectivity index (χ1v) is 6.37. The van der Waals surface area contributed by atoms with Gasteiger partial charge in [0.2, 0.25) is 0 Å². The normalized spacial score (nSPS) is 12.8. The fraction of sp³-hybridized carbons (Fsp3) is 0.500. The Kier molecular flexibility index (Phi) is 5.38. The van der Waals surface area contributed by atoms with Crippen molar-refractivity contribution in [3.8, 4) is 0 Å². The molecule has 18 heavy (non-hydrogen) atoms. The van der Waals surface area contributed by atoms with Gasteiger partial charge in [0, 0.05) is 18.1 Å². The lowest BCUT2D eigenvalue weighted by molar-refractivity contribution is -0.385. The van der Waals surface area contributed by atoms with Gasteiger partial charge in [0.25, 0.3) is 5.69 Å². The number of nitro groups is 1. The molecule has 0 radical (unpaired) electrons. The molecule has 0 aliphatic carbocycles. The highest BCUT2D eigenvalue weighted by Gasteiger charge is 2.19. The minimum atomic E-state index is -0.624. The van der Waals surface area contributed by atoms with E-state index >= 15 is 0 Å². The van der Waals surface area contributed by atoms with Gasteiger partial charge in [-0.05, 0) is 18.4 Å². The van der Waals surface area contributed by atoms with E-state index in [-0.39, 0.29) is 22.2 Å². The number of halogens is 2. The molecule has 0 aliphatic rings. The summed E-state index contributed by atoms with van der Waals surface area (Å²) in [7, 11) is 0. The molecular formula is C12H15Cl2NO3. The second-order valence-corrected chi connectivity index (χ2v) is 5.45. The number of aliphatic hydroxyl groups excluding tert-OH is 1. The Hall–Kier alpha value is -0.840. The monoisotopic (exact) mass is 291 g/mol. The van der Waals surface area contributed by atoms with E-state index in [0.29, 0.717) is 17.9 Å². The molecule has 4 nitrogen and oxygen atoms in total. The highest BCUT2D eigenvalue weighted by atomic mass is 35.5. The van der Waals surface area contributed by atoms with E-state index in [2.05, 4.69) is 0 Å². The zero-order chi connectivity index (χ0) is 13.9. The van der Waals surface area contributed by atoms with Gasteiger partial charge in [0.15, 0.2) is 0 Å². The van der Waals surface area contributed by atoms with Crippen molar-refractivity contribution in [1.82, 2.24) is 0 Å². The number of rotatable bonds is 5. The molecule has 1 rings (SSSR count). The molecule has 1 aromatic carbocycles. The van der Waals surface area contributed by atoms with Crippen LogP contribution < -0.4 is 0 Å². The number of benzene rings is 1. The molecule has 0 fully saturated rings. The predicted molar refractivity (Wildman–Crippen MR) is 72.3 cm³/mol. The van der Waals surface area contributed by atoms with Crippen molar-refractivity contribution in [2.75, 3.05) is 0 Å². The SMILES string of the molecule is CC(C)CC(O)Cc1cc(Cl)c(Cl)cc1[N+](=O)[O-]. The molecule has 0 heterocycles. The van der Waals surface area contributed by atoms with Gasteiger partial charge in [-0.2, -0.15) is 0 Å². The zero-order valence-electron chi connectivity index (χ0n) is 10.2. The molecule has 6 heteroatoms. The van der Waals surface area contributed by atoms with Crippen LogP contribution in [0, 0.1) is 16.0 Å². The van der Waals surface area contributed by atoms with Crippen molar-refractivity contribution in [2.45, 2.75) is 32.8 Å². The smallest absolute Gasteiger partial charge is 0.274 e. The van der Waals surface area contributed by atoms with Crippen molar-refractivity contribution in [3.63, 3.8) is 0 Å². The highest BCUT2D eigenvalue weighted by molar-refractivity contribution is 6.42. The topological polar surface area (TPSA) is 63.4 Å². The molecule has 0 bridgehead atoms. The van der Waals surface area contributed by atoms with Crippen molar-refractivity contribution in [1.29, 1.82) is 0 Å². The van der Waals surface area contributed by atoms with E-state index in [4.69, 9.17) is 23.2 Å². The summed E-state index contributed by atoms with van der Waals surface area (Å²) in [6.07, 6.45) is 0.156. The molecule has 0 spiro atoms. The van der Waals surface area contributed by atoms with Gasteiger partial charge in [-0.25, -0.2) is 0 Å². The van der Waals surface area contributed by atoms with E-state index in [1.807, 2.05) is 13.8 Å². The third-order valence-electron chi connectivity index (χ3n) is 2.52. The summed E-state index contributed by atoms with van der Waals surface area (Å²) in [5.41, 5.74) is 0.301. The molecule has 0 amide bonds. The van der Waals surface area contributed by atoms with E-state index in [0.717, 1.165) is 0 Å². The van der Waals surface area contributed by atoms with Crippen molar-refractivity contribution >= 4 is 28.9 Å². The van der Waals surface area contributed by atoms with Crippen LogP contribution in [0.25, 0.3) is 0 Å². The van der Waals surface area contributed by atoms with Gasteiger partial charge in [-0.3, -0.25) is 10.1 Å². The molecule has 0 aliphatic heterocycles. The van der Waals surface area contributed by atoms with E-state index in [9.17, 15) is 15.2 Å². The second-order valence-electron chi connectivity index (χ2n) is 4.64. The van der Waals surface area contributed by atoms with Crippen LogP contribution in [0.3, 0.4) is 0 Å². The summed E-state index contributed by atoms with van der Waals surface area (Å²) in [5.74, 6) is 0.321. The lowest BCUT2D eigenvalue weighted by atomic mass is 9.99. The van der Waals surface area contributed by atoms with Crippen LogP contribution in [0.1, 0.15) is 25.8 Å². The number of nitrogens with zero attached hydrogens (tertiary/aromatic N) is 1. The van der Waals surface area contributed by atoms with Crippen LogP contribution in [-0.2, 0) is 6.42 Å². The van der Waals surface area contributed by atoms with E-state index in [1.165, 1.54) is 12.1 Å². The standard InChI is InChI=1S/C12H15Cl2NO3/c1-7(2)3-9(16)4-8-5-10(13)11(14)6-12(8)15(17)18/h5-7,9,16H,3-4H2,1-2H3. The maximum absolute atomic E-state index is 10.9. The van der Waals surface area contributed by atoms with Crippen molar-refractivity contribution in [2.24, 2.45) is 5.92 Å². The first-order valence-electron chi connectivity index (χ1n) is 5.61. The minimum Gasteiger partial charge on any atom is -0.393 e. The van der Waals surface area contributed by atoms with Gasteiger partial charge in [-0.15, -0.1) is 0 Å². The van der Waals surface area contributed by atoms with Crippen molar-refractivity contribution in [3.05, 3.63) is 37.9 Å². The Labute approximate surface area is 116 Å². The first kappa shape index (κ1) is 15.2. The fourth-order valence-electron chi connectivity index (χ4n) is 1.79. The molecule has 100 valence electrons.